The number of para-hydroxylation sites is 1. The van der Waals surface area contributed by atoms with E-state index in [0.29, 0.717) is 10.7 Å². The Kier molecular flexibility index (Phi) is 5.78. The van der Waals surface area contributed by atoms with Gasteiger partial charge in [-0.15, -0.1) is 0 Å². The number of aromatic nitrogens is 1. The van der Waals surface area contributed by atoms with Gasteiger partial charge in [-0.3, -0.25) is 14.6 Å². The average Bonchev–Trinajstić information content (AvgIpc) is 2.69. The molecule has 5 nitrogen and oxygen atoms in total. The summed E-state index contributed by atoms with van der Waals surface area (Å²) in [6.45, 7) is 0.219. The van der Waals surface area contributed by atoms with Crippen LogP contribution in [0, 0.1) is 5.82 Å². The van der Waals surface area contributed by atoms with Gasteiger partial charge in [-0.05, 0) is 42.0 Å². The molecule has 0 aliphatic heterocycles. The minimum absolute atomic E-state index is 0.101. The van der Waals surface area contributed by atoms with Crippen LogP contribution in [0.15, 0.2) is 66.9 Å². The Morgan fingerprint density at radius 3 is 2.48 bits per heavy atom. The van der Waals surface area contributed by atoms with Gasteiger partial charge < -0.3 is 10.6 Å². The van der Waals surface area contributed by atoms with Gasteiger partial charge in [0.2, 0.25) is 0 Å². The first-order valence-electron chi connectivity index (χ1n) is 8.07. The molecule has 3 aromatic rings. The van der Waals surface area contributed by atoms with E-state index in [1.807, 2.05) is 0 Å². The number of hydrogen-bond acceptors (Lipinski definition) is 3. The highest BCUT2D eigenvalue weighted by atomic mass is 35.5. The molecule has 0 radical (unpaired) electrons. The first-order valence-corrected chi connectivity index (χ1v) is 8.45. The fourth-order valence-electron chi connectivity index (χ4n) is 2.33. The van der Waals surface area contributed by atoms with Crippen LogP contribution in [0.3, 0.4) is 0 Å². The molecule has 0 saturated carbocycles. The van der Waals surface area contributed by atoms with Crippen LogP contribution in [0.25, 0.3) is 0 Å². The number of benzene rings is 2. The molecule has 0 fully saturated rings. The zero-order chi connectivity index (χ0) is 19.2. The molecule has 136 valence electrons. The molecule has 1 aromatic heterocycles. The van der Waals surface area contributed by atoms with Gasteiger partial charge in [-0.2, -0.15) is 0 Å². The maximum absolute atomic E-state index is 12.9. The van der Waals surface area contributed by atoms with Crippen molar-refractivity contribution in [3.05, 3.63) is 94.5 Å². The van der Waals surface area contributed by atoms with Gasteiger partial charge in [0.15, 0.2) is 0 Å². The van der Waals surface area contributed by atoms with Crippen molar-refractivity contribution in [1.82, 2.24) is 10.3 Å². The van der Waals surface area contributed by atoms with Crippen molar-refractivity contribution in [2.24, 2.45) is 0 Å². The lowest BCUT2D eigenvalue weighted by atomic mass is 10.2. The molecule has 2 aromatic carbocycles. The average molecular weight is 384 g/mol. The minimum atomic E-state index is -0.438. The number of hydrogen-bond donors (Lipinski definition) is 2. The van der Waals surface area contributed by atoms with Crippen molar-refractivity contribution >= 4 is 29.1 Å². The molecular formula is C20H15ClFN3O2. The van der Waals surface area contributed by atoms with Crippen LogP contribution in [0.2, 0.25) is 5.02 Å². The topological polar surface area (TPSA) is 71.1 Å². The zero-order valence-corrected chi connectivity index (χ0v) is 14.8. The normalized spacial score (nSPS) is 10.3. The Balaban J connectivity index is 1.67. The van der Waals surface area contributed by atoms with Gasteiger partial charge in [0.1, 0.15) is 11.5 Å². The number of pyridine rings is 1. The Morgan fingerprint density at radius 1 is 1.00 bits per heavy atom. The zero-order valence-electron chi connectivity index (χ0n) is 14.1. The van der Waals surface area contributed by atoms with E-state index in [9.17, 15) is 14.0 Å². The Labute approximate surface area is 160 Å². The predicted molar refractivity (Wildman–Crippen MR) is 101 cm³/mol. The Bertz CT molecular complexity index is 977. The highest BCUT2D eigenvalue weighted by Crippen LogP contribution is 2.21. The number of halogens is 2. The molecule has 27 heavy (non-hydrogen) atoms. The lowest BCUT2D eigenvalue weighted by molar-refractivity contribution is 0.0946. The van der Waals surface area contributed by atoms with Crippen LogP contribution in [0.5, 0.6) is 0 Å². The molecule has 1 heterocycles. The number of carbonyl (C=O) groups excluding carboxylic acids is 2. The molecule has 0 bridgehead atoms. The van der Waals surface area contributed by atoms with Gasteiger partial charge in [0.25, 0.3) is 11.8 Å². The number of rotatable bonds is 5. The summed E-state index contributed by atoms with van der Waals surface area (Å²) in [5.74, 6) is -1.19. The highest BCUT2D eigenvalue weighted by molar-refractivity contribution is 6.33. The molecular weight excluding hydrogens is 369 g/mol. The predicted octanol–water partition coefficient (Wildman–Crippen LogP) is 4.06. The molecule has 2 amide bonds. The third-order valence-corrected chi connectivity index (χ3v) is 4.07. The standard InChI is InChI=1S/C20H15ClFN3O2/c21-16-3-1-2-4-17(16)25-19(26)14-9-10-23-18(11-14)20(27)24-12-13-5-7-15(22)8-6-13/h1-11H,12H2,(H,24,27)(H,25,26). The van der Waals surface area contributed by atoms with E-state index >= 15 is 0 Å². The van der Waals surface area contributed by atoms with E-state index in [2.05, 4.69) is 15.6 Å². The smallest absolute Gasteiger partial charge is 0.270 e. The third kappa shape index (κ3) is 4.89. The lowest BCUT2D eigenvalue weighted by Crippen LogP contribution is -2.24. The van der Waals surface area contributed by atoms with Gasteiger partial charge in [0, 0.05) is 18.3 Å². The van der Waals surface area contributed by atoms with Crippen LogP contribution in [-0.4, -0.2) is 16.8 Å². The maximum Gasteiger partial charge on any atom is 0.270 e. The van der Waals surface area contributed by atoms with E-state index in [4.69, 9.17) is 11.6 Å². The largest absolute Gasteiger partial charge is 0.347 e. The molecule has 0 saturated heterocycles. The van der Waals surface area contributed by atoms with Crippen molar-refractivity contribution in [2.75, 3.05) is 5.32 Å². The minimum Gasteiger partial charge on any atom is -0.347 e. The first kappa shape index (κ1) is 18.5. The third-order valence-electron chi connectivity index (χ3n) is 3.74. The number of carbonyl (C=O) groups is 2. The fourth-order valence-corrected chi connectivity index (χ4v) is 2.51. The molecule has 0 spiro atoms. The van der Waals surface area contributed by atoms with Crippen molar-refractivity contribution in [2.45, 2.75) is 6.54 Å². The second-order valence-electron chi connectivity index (χ2n) is 5.67. The summed E-state index contributed by atoms with van der Waals surface area (Å²) in [4.78, 5) is 28.7. The summed E-state index contributed by atoms with van der Waals surface area (Å²) < 4.78 is 12.9. The SMILES string of the molecule is O=C(Nc1ccccc1Cl)c1ccnc(C(=O)NCc2ccc(F)cc2)c1. The number of nitrogens with one attached hydrogen (secondary N) is 2. The molecule has 7 heteroatoms. The van der Waals surface area contributed by atoms with E-state index in [1.54, 1.807) is 36.4 Å². The van der Waals surface area contributed by atoms with E-state index in [1.165, 1.54) is 30.5 Å². The Hall–Kier alpha value is -3.25. The summed E-state index contributed by atoms with van der Waals surface area (Å²) >= 11 is 6.03. The van der Waals surface area contributed by atoms with Crippen LogP contribution in [0.1, 0.15) is 26.4 Å². The van der Waals surface area contributed by atoms with Crippen LogP contribution in [-0.2, 0) is 6.54 Å². The molecule has 2 N–H and O–H groups in total. The van der Waals surface area contributed by atoms with Crippen molar-refractivity contribution in [1.29, 1.82) is 0 Å². The summed E-state index contributed by atoms with van der Waals surface area (Å²) in [7, 11) is 0. The first-order chi connectivity index (χ1) is 13.0. The monoisotopic (exact) mass is 383 g/mol. The summed E-state index contributed by atoms with van der Waals surface area (Å²) in [5, 5.41) is 5.79. The number of amides is 2. The molecule has 3 rings (SSSR count). The molecule has 0 aliphatic carbocycles. The second-order valence-corrected chi connectivity index (χ2v) is 6.08. The fraction of sp³-hybridized carbons (Fsp3) is 0.0500. The number of nitrogens with zero attached hydrogens (tertiary/aromatic N) is 1. The van der Waals surface area contributed by atoms with E-state index < -0.39 is 11.8 Å². The summed E-state index contributed by atoms with van der Waals surface area (Å²) in [6, 6.07) is 15.5. The van der Waals surface area contributed by atoms with Crippen molar-refractivity contribution in [3.63, 3.8) is 0 Å². The van der Waals surface area contributed by atoms with E-state index in [0.717, 1.165) is 5.56 Å². The summed E-state index contributed by atoms with van der Waals surface area (Å²) in [6.07, 6.45) is 1.38. The quantitative estimate of drug-likeness (QED) is 0.698. The number of anilines is 1. The summed E-state index contributed by atoms with van der Waals surface area (Å²) in [5.41, 5.74) is 1.60. The lowest BCUT2D eigenvalue weighted by Gasteiger charge is -2.08. The van der Waals surface area contributed by atoms with Gasteiger partial charge >= 0.3 is 0 Å². The Morgan fingerprint density at radius 2 is 1.74 bits per heavy atom. The van der Waals surface area contributed by atoms with Crippen LogP contribution in [0.4, 0.5) is 10.1 Å². The second kappa shape index (κ2) is 8.42. The molecule has 0 unspecified atom stereocenters. The molecule has 0 atom stereocenters. The maximum atomic E-state index is 12.9. The van der Waals surface area contributed by atoms with Crippen molar-refractivity contribution in [3.8, 4) is 0 Å². The van der Waals surface area contributed by atoms with Gasteiger partial charge in [-0.25, -0.2) is 4.39 Å². The van der Waals surface area contributed by atoms with Gasteiger partial charge in [0.05, 0.1) is 10.7 Å². The van der Waals surface area contributed by atoms with Crippen molar-refractivity contribution < 1.29 is 14.0 Å². The highest BCUT2D eigenvalue weighted by Gasteiger charge is 2.13. The van der Waals surface area contributed by atoms with E-state index in [-0.39, 0.29) is 23.6 Å². The molecule has 0 aliphatic rings. The van der Waals surface area contributed by atoms with Crippen LogP contribution < -0.4 is 10.6 Å². The van der Waals surface area contributed by atoms with Gasteiger partial charge in [-0.1, -0.05) is 35.9 Å². The van der Waals surface area contributed by atoms with Crippen LogP contribution >= 0.6 is 11.6 Å².